The molecular weight excluding hydrogens is 226 g/mol. The van der Waals surface area contributed by atoms with Gasteiger partial charge in [0.1, 0.15) is 5.82 Å². The maximum absolute atomic E-state index is 11.2. The number of nitrogens with zero attached hydrogens (tertiary/aromatic N) is 2. The van der Waals surface area contributed by atoms with E-state index in [2.05, 4.69) is 15.3 Å². The molecule has 1 N–H and O–H groups in total. The quantitative estimate of drug-likeness (QED) is 0.728. The summed E-state index contributed by atoms with van der Waals surface area (Å²) in [6, 6.07) is 1.81. The first kappa shape index (κ1) is 13.1. The third kappa shape index (κ3) is 4.67. The first-order valence-electron chi connectivity index (χ1n) is 5.23. The Labute approximate surface area is 96.2 Å². The summed E-state index contributed by atoms with van der Waals surface area (Å²) < 4.78 is 22.4. The number of aryl methyl sites for hydroxylation is 1. The molecule has 6 heteroatoms. The van der Waals surface area contributed by atoms with E-state index >= 15 is 0 Å². The minimum absolute atomic E-state index is 0.174. The molecule has 0 atom stereocenters. The van der Waals surface area contributed by atoms with E-state index in [1.165, 1.54) is 0 Å². The Morgan fingerprint density at radius 1 is 1.44 bits per heavy atom. The maximum atomic E-state index is 11.2. The van der Waals surface area contributed by atoms with Crippen LogP contribution in [-0.4, -0.2) is 36.4 Å². The molecule has 16 heavy (non-hydrogen) atoms. The summed E-state index contributed by atoms with van der Waals surface area (Å²) in [6.45, 7) is 4.51. The molecule has 0 aromatic carbocycles. The normalized spacial score (nSPS) is 11.6. The van der Waals surface area contributed by atoms with Crippen LogP contribution in [0.15, 0.2) is 12.3 Å². The first-order chi connectivity index (χ1) is 7.53. The van der Waals surface area contributed by atoms with Crippen molar-refractivity contribution >= 4 is 9.84 Å². The molecule has 0 aliphatic carbocycles. The molecule has 0 unspecified atom stereocenters. The molecule has 0 radical (unpaired) electrons. The number of sulfone groups is 1. The Hall–Kier alpha value is -1.01. The van der Waals surface area contributed by atoms with Gasteiger partial charge in [0.25, 0.3) is 0 Å². The van der Waals surface area contributed by atoms with Crippen LogP contribution in [0.1, 0.15) is 18.4 Å². The molecule has 0 bridgehead atoms. The van der Waals surface area contributed by atoms with E-state index in [0.29, 0.717) is 13.1 Å². The highest BCUT2D eigenvalue weighted by atomic mass is 32.2. The fourth-order valence-corrected chi connectivity index (χ4v) is 1.94. The van der Waals surface area contributed by atoms with Crippen LogP contribution < -0.4 is 5.32 Å². The Bertz CT molecular complexity index is 431. The van der Waals surface area contributed by atoms with Gasteiger partial charge in [-0.05, 0) is 13.0 Å². The molecule has 1 aromatic rings. The summed E-state index contributed by atoms with van der Waals surface area (Å²) in [4.78, 5) is 8.19. The average Bonchev–Trinajstić information content (AvgIpc) is 2.25. The van der Waals surface area contributed by atoms with E-state index in [1.807, 2.05) is 13.0 Å². The van der Waals surface area contributed by atoms with Crippen LogP contribution in [0.2, 0.25) is 0 Å². The van der Waals surface area contributed by atoms with Crippen molar-refractivity contribution in [2.75, 3.05) is 18.1 Å². The Morgan fingerprint density at radius 2 is 2.19 bits per heavy atom. The highest BCUT2D eigenvalue weighted by Crippen LogP contribution is 1.94. The number of hydrogen-bond acceptors (Lipinski definition) is 5. The van der Waals surface area contributed by atoms with E-state index in [-0.39, 0.29) is 11.5 Å². The van der Waals surface area contributed by atoms with Crippen LogP contribution in [0.3, 0.4) is 0 Å². The van der Waals surface area contributed by atoms with Crippen LogP contribution in [0, 0.1) is 6.92 Å². The van der Waals surface area contributed by atoms with Crippen LogP contribution in [0.25, 0.3) is 0 Å². The van der Waals surface area contributed by atoms with Gasteiger partial charge >= 0.3 is 0 Å². The van der Waals surface area contributed by atoms with Crippen molar-refractivity contribution in [3.8, 4) is 0 Å². The molecule has 5 nitrogen and oxygen atoms in total. The number of rotatable bonds is 6. The van der Waals surface area contributed by atoms with Crippen molar-refractivity contribution in [1.29, 1.82) is 0 Å². The number of nitrogens with one attached hydrogen (secondary N) is 1. The van der Waals surface area contributed by atoms with Gasteiger partial charge in [0.15, 0.2) is 9.84 Å². The third-order valence-corrected chi connectivity index (χ3v) is 3.88. The molecule has 1 aromatic heterocycles. The molecule has 0 amide bonds. The van der Waals surface area contributed by atoms with E-state index in [1.54, 1.807) is 13.1 Å². The Kier molecular flexibility index (Phi) is 4.82. The van der Waals surface area contributed by atoms with Crippen molar-refractivity contribution in [2.45, 2.75) is 20.4 Å². The molecule has 0 fully saturated rings. The van der Waals surface area contributed by atoms with Gasteiger partial charge in [0.2, 0.25) is 0 Å². The molecule has 1 rings (SSSR count). The van der Waals surface area contributed by atoms with Crippen molar-refractivity contribution in [3.63, 3.8) is 0 Å². The molecular formula is C10H17N3O2S. The van der Waals surface area contributed by atoms with Gasteiger partial charge in [-0.2, -0.15) is 0 Å². The highest BCUT2D eigenvalue weighted by Gasteiger charge is 2.05. The van der Waals surface area contributed by atoms with Crippen LogP contribution in [0.4, 0.5) is 0 Å². The second kappa shape index (κ2) is 5.91. The number of hydrogen-bond donors (Lipinski definition) is 1. The molecule has 0 saturated carbocycles. The zero-order chi connectivity index (χ0) is 12.0. The van der Waals surface area contributed by atoms with Gasteiger partial charge in [-0.15, -0.1) is 0 Å². The second-order valence-electron chi connectivity index (χ2n) is 3.51. The van der Waals surface area contributed by atoms with E-state index in [4.69, 9.17) is 0 Å². The van der Waals surface area contributed by atoms with E-state index in [0.717, 1.165) is 11.5 Å². The Morgan fingerprint density at radius 3 is 2.81 bits per heavy atom. The lowest BCUT2D eigenvalue weighted by Crippen LogP contribution is -2.24. The van der Waals surface area contributed by atoms with Gasteiger partial charge < -0.3 is 5.32 Å². The van der Waals surface area contributed by atoms with E-state index < -0.39 is 9.84 Å². The standard InChI is InChI=1S/C10H17N3O2S/c1-3-16(14,15)7-6-11-8-10-4-5-12-9(2)13-10/h4-5,11H,3,6-8H2,1-2H3. The van der Waals surface area contributed by atoms with E-state index in [9.17, 15) is 8.42 Å². The minimum Gasteiger partial charge on any atom is -0.310 e. The van der Waals surface area contributed by atoms with Gasteiger partial charge in [-0.3, -0.25) is 0 Å². The van der Waals surface area contributed by atoms with Crippen molar-refractivity contribution in [2.24, 2.45) is 0 Å². The summed E-state index contributed by atoms with van der Waals surface area (Å²) in [6.07, 6.45) is 1.70. The molecule has 0 spiro atoms. The van der Waals surface area contributed by atoms with Crippen LogP contribution >= 0.6 is 0 Å². The first-order valence-corrected chi connectivity index (χ1v) is 7.05. The van der Waals surface area contributed by atoms with Gasteiger partial charge in [0, 0.05) is 25.0 Å². The lowest BCUT2D eigenvalue weighted by atomic mass is 10.4. The van der Waals surface area contributed by atoms with Crippen LogP contribution in [-0.2, 0) is 16.4 Å². The summed E-state index contributed by atoms with van der Waals surface area (Å²) in [5.41, 5.74) is 0.876. The van der Waals surface area contributed by atoms with Gasteiger partial charge in [-0.1, -0.05) is 6.92 Å². The fraction of sp³-hybridized carbons (Fsp3) is 0.600. The summed E-state index contributed by atoms with van der Waals surface area (Å²) >= 11 is 0. The zero-order valence-electron chi connectivity index (χ0n) is 9.60. The molecule has 1 heterocycles. The summed E-state index contributed by atoms with van der Waals surface area (Å²) in [5, 5.41) is 3.05. The molecule has 0 aliphatic heterocycles. The SMILES string of the molecule is CCS(=O)(=O)CCNCc1ccnc(C)n1. The van der Waals surface area contributed by atoms with Gasteiger partial charge in [0.05, 0.1) is 11.4 Å². The van der Waals surface area contributed by atoms with Gasteiger partial charge in [-0.25, -0.2) is 18.4 Å². The van der Waals surface area contributed by atoms with Crippen molar-refractivity contribution < 1.29 is 8.42 Å². The topological polar surface area (TPSA) is 72.0 Å². The average molecular weight is 243 g/mol. The van der Waals surface area contributed by atoms with Crippen molar-refractivity contribution in [3.05, 3.63) is 23.8 Å². The zero-order valence-corrected chi connectivity index (χ0v) is 10.4. The summed E-state index contributed by atoms with van der Waals surface area (Å²) in [7, 11) is -2.88. The predicted octanol–water partition coefficient (Wildman–Crippen LogP) is 0.309. The van der Waals surface area contributed by atoms with Crippen LogP contribution in [0.5, 0.6) is 0 Å². The monoisotopic (exact) mass is 243 g/mol. The highest BCUT2D eigenvalue weighted by molar-refractivity contribution is 7.91. The summed E-state index contributed by atoms with van der Waals surface area (Å²) in [5.74, 6) is 1.09. The Balaban J connectivity index is 2.32. The third-order valence-electron chi connectivity index (χ3n) is 2.17. The second-order valence-corrected chi connectivity index (χ2v) is 5.98. The van der Waals surface area contributed by atoms with Crippen molar-refractivity contribution in [1.82, 2.24) is 15.3 Å². The predicted molar refractivity (Wildman–Crippen MR) is 62.8 cm³/mol. The maximum Gasteiger partial charge on any atom is 0.151 e. The smallest absolute Gasteiger partial charge is 0.151 e. The number of aromatic nitrogens is 2. The minimum atomic E-state index is -2.88. The lowest BCUT2D eigenvalue weighted by molar-refractivity contribution is 0.591. The molecule has 90 valence electrons. The molecule has 0 aliphatic rings. The molecule has 0 saturated heterocycles. The lowest BCUT2D eigenvalue weighted by Gasteiger charge is -2.04. The largest absolute Gasteiger partial charge is 0.310 e. The fourth-order valence-electron chi connectivity index (χ4n) is 1.19.